The Morgan fingerprint density at radius 3 is 2.55 bits per heavy atom. The lowest BCUT2D eigenvalue weighted by Gasteiger charge is -2.18. The van der Waals surface area contributed by atoms with Crippen LogP contribution in [0.3, 0.4) is 0 Å². The molecule has 0 fully saturated rings. The molecule has 0 spiro atoms. The maximum atomic E-state index is 5.68. The SMILES string of the molecule is C[Si](C)(C)Oc1cccnc1. The van der Waals surface area contributed by atoms with Crippen molar-refractivity contribution in [1.29, 1.82) is 0 Å². The summed E-state index contributed by atoms with van der Waals surface area (Å²) in [5.41, 5.74) is 0. The van der Waals surface area contributed by atoms with Crippen molar-refractivity contribution in [3.05, 3.63) is 24.5 Å². The summed E-state index contributed by atoms with van der Waals surface area (Å²) in [7, 11) is -1.44. The zero-order valence-corrected chi connectivity index (χ0v) is 8.16. The molecule has 0 aliphatic rings. The number of aromatic nitrogens is 1. The number of hydrogen-bond acceptors (Lipinski definition) is 2. The van der Waals surface area contributed by atoms with E-state index in [0.29, 0.717) is 0 Å². The second-order valence-corrected chi connectivity index (χ2v) is 7.83. The molecule has 0 N–H and O–H groups in total. The van der Waals surface area contributed by atoms with Crippen LogP contribution in [0.25, 0.3) is 0 Å². The van der Waals surface area contributed by atoms with Crippen molar-refractivity contribution >= 4 is 8.32 Å². The average molecular weight is 167 g/mol. The third-order valence-corrected chi connectivity index (χ3v) is 1.91. The summed E-state index contributed by atoms with van der Waals surface area (Å²) in [5.74, 6) is 0.881. The molecule has 0 aromatic carbocycles. The zero-order valence-electron chi connectivity index (χ0n) is 7.16. The quantitative estimate of drug-likeness (QED) is 0.630. The third kappa shape index (κ3) is 3.18. The van der Waals surface area contributed by atoms with E-state index in [1.165, 1.54) is 0 Å². The number of rotatable bonds is 2. The minimum Gasteiger partial charge on any atom is -0.543 e. The van der Waals surface area contributed by atoms with E-state index >= 15 is 0 Å². The van der Waals surface area contributed by atoms with E-state index < -0.39 is 8.32 Å². The summed E-state index contributed by atoms with van der Waals surface area (Å²) in [5, 5.41) is 0. The van der Waals surface area contributed by atoms with E-state index in [9.17, 15) is 0 Å². The summed E-state index contributed by atoms with van der Waals surface area (Å²) in [6.07, 6.45) is 3.50. The van der Waals surface area contributed by atoms with Gasteiger partial charge in [-0.1, -0.05) is 0 Å². The minimum atomic E-state index is -1.44. The lowest BCUT2D eigenvalue weighted by atomic mass is 10.5. The first-order valence-corrected chi connectivity index (χ1v) is 7.08. The third-order valence-electron chi connectivity index (χ3n) is 1.06. The summed E-state index contributed by atoms with van der Waals surface area (Å²) >= 11 is 0. The predicted octanol–water partition coefficient (Wildman–Crippen LogP) is 2.30. The Hall–Kier alpha value is -0.833. The molecule has 0 saturated heterocycles. The van der Waals surface area contributed by atoms with Gasteiger partial charge in [-0.25, -0.2) is 0 Å². The molecule has 0 radical (unpaired) electrons. The molecule has 11 heavy (non-hydrogen) atoms. The van der Waals surface area contributed by atoms with Crippen molar-refractivity contribution in [2.75, 3.05) is 0 Å². The normalized spacial score (nSPS) is 11.2. The first-order valence-electron chi connectivity index (χ1n) is 3.67. The van der Waals surface area contributed by atoms with Crippen LogP contribution in [0.4, 0.5) is 0 Å². The Morgan fingerprint density at radius 1 is 1.36 bits per heavy atom. The van der Waals surface area contributed by atoms with E-state index in [4.69, 9.17) is 4.43 Å². The van der Waals surface area contributed by atoms with E-state index in [1.807, 2.05) is 12.1 Å². The van der Waals surface area contributed by atoms with E-state index in [2.05, 4.69) is 24.6 Å². The Morgan fingerprint density at radius 2 is 2.09 bits per heavy atom. The van der Waals surface area contributed by atoms with Crippen molar-refractivity contribution in [3.8, 4) is 5.75 Å². The van der Waals surface area contributed by atoms with Gasteiger partial charge in [0, 0.05) is 6.20 Å². The van der Waals surface area contributed by atoms with Gasteiger partial charge < -0.3 is 4.43 Å². The Labute approximate surface area is 68.4 Å². The van der Waals surface area contributed by atoms with Gasteiger partial charge in [0.25, 0.3) is 0 Å². The van der Waals surface area contributed by atoms with Gasteiger partial charge in [0.15, 0.2) is 0 Å². The average Bonchev–Trinajstić information content (AvgIpc) is 1.85. The fourth-order valence-corrected chi connectivity index (χ4v) is 1.59. The van der Waals surface area contributed by atoms with Crippen LogP contribution >= 0.6 is 0 Å². The highest BCUT2D eigenvalue weighted by molar-refractivity contribution is 6.70. The minimum absolute atomic E-state index is 0.881. The Kier molecular flexibility index (Phi) is 2.29. The van der Waals surface area contributed by atoms with Crippen molar-refractivity contribution in [2.24, 2.45) is 0 Å². The largest absolute Gasteiger partial charge is 0.543 e. The molecule has 0 aliphatic carbocycles. The van der Waals surface area contributed by atoms with Gasteiger partial charge >= 0.3 is 0 Å². The molecule has 1 aromatic rings. The molecule has 0 amide bonds. The van der Waals surface area contributed by atoms with E-state index in [-0.39, 0.29) is 0 Å². The molecule has 0 aliphatic heterocycles. The highest BCUT2D eigenvalue weighted by Gasteiger charge is 2.15. The fraction of sp³-hybridized carbons (Fsp3) is 0.375. The van der Waals surface area contributed by atoms with Crippen molar-refractivity contribution in [2.45, 2.75) is 19.6 Å². The van der Waals surface area contributed by atoms with Gasteiger partial charge in [-0.3, -0.25) is 4.98 Å². The Balaban J connectivity index is 2.66. The molecular formula is C8H13NOSi. The van der Waals surface area contributed by atoms with Crippen LogP contribution in [0.5, 0.6) is 5.75 Å². The second kappa shape index (κ2) is 3.05. The molecule has 0 saturated carbocycles. The molecule has 1 aromatic heterocycles. The van der Waals surface area contributed by atoms with Gasteiger partial charge in [-0.15, -0.1) is 0 Å². The first kappa shape index (κ1) is 8.27. The van der Waals surface area contributed by atoms with Crippen molar-refractivity contribution in [3.63, 3.8) is 0 Å². The summed E-state index contributed by atoms with van der Waals surface area (Å²) in [4.78, 5) is 3.97. The fourth-order valence-electron chi connectivity index (χ4n) is 0.761. The van der Waals surface area contributed by atoms with E-state index in [0.717, 1.165) is 5.75 Å². The van der Waals surface area contributed by atoms with Crippen molar-refractivity contribution < 1.29 is 4.43 Å². The van der Waals surface area contributed by atoms with Gasteiger partial charge in [-0.2, -0.15) is 0 Å². The van der Waals surface area contributed by atoms with Gasteiger partial charge in [-0.05, 0) is 31.8 Å². The van der Waals surface area contributed by atoms with E-state index in [1.54, 1.807) is 12.4 Å². The van der Waals surface area contributed by atoms with Crippen LogP contribution in [0.1, 0.15) is 0 Å². The molecule has 1 heterocycles. The highest BCUT2D eigenvalue weighted by atomic mass is 28.4. The molecule has 0 unspecified atom stereocenters. The number of nitrogens with zero attached hydrogens (tertiary/aromatic N) is 1. The van der Waals surface area contributed by atoms with Crippen molar-refractivity contribution in [1.82, 2.24) is 4.98 Å². The number of pyridine rings is 1. The monoisotopic (exact) mass is 167 g/mol. The van der Waals surface area contributed by atoms with Gasteiger partial charge in [0.05, 0.1) is 6.20 Å². The molecule has 0 atom stereocenters. The second-order valence-electron chi connectivity index (χ2n) is 3.40. The predicted molar refractivity (Wildman–Crippen MR) is 48.2 cm³/mol. The van der Waals surface area contributed by atoms with Gasteiger partial charge in [0.2, 0.25) is 8.32 Å². The lowest BCUT2D eigenvalue weighted by Crippen LogP contribution is -2.29. The number of hydrogen-bond donors (Lipinski definition) is 0. The van der Waals surface area contributed by atoms with Crippen LogP contribution in [-0.2, 0) is 0 Å². The van der Waals surface area contributed by atoms with Crippen LogP contribution in [0.15, 0.2) is 24.5 Å². The summed E-state index contributed by atoms with van der Waals surface area (Å²) in [6, 6.07) is 3.82. The summed E-state index contributed by atoms with van der Waals surface area (Å²) < 4.78 is 5.68. The molecular weight excluding hydrogens is 154 g/mol. The first-order chi connectivity index (χ1) is 5.08. The summed E-state index contributed by atoms with van der Waals surface area (Å²) in [6.45, 7) is 6.46. The van der Waals surface area contributed by atoms with Crippen LogP contribution in [0, 0.1) is 0 Å². The topological polar surface area (TPSA) is 22.1 Å². The van der Waals surface area contributed by atoms with Crippen LogP contribution in [-0.4, -0.2) is 13.3 Å². The smallest absolute Gasteiger partial charge is 0.242 e. The lowest BCUT2D eigenvalue weighted by molar-refractivity contribution is 0.554. The van der Waals surface area contributed by atoms with Crippen LogP contribution < -0.4 is 4.43 Å². The maximum absolute atomic E-state index is 5.68. The standard InChI is InChI=1S/C8H13NOSi/c1-11(2,3)10-8-5-4-6-9-7-8/h4-7H,1-3H3. The maximum Gasteiger partial charge on any atom is 0.242 e. The zero-order chi connectivity index (χ0) is 8.32. The molecule has 2 nitrogen and oxygen atoms in total. The molecule has 1 rings (SSSR count). The van der Waals surface area contributed by atoms with Crippen LogP contribution in [0.2, 0.25) is 19.6 Å². The highest BCUT2D eigenvalue weighted by Crippen LogP contribution is 2.12. The molecule has 3 heteroatoms. The Bertz CT molecular complexity index is 217. The molecule has 60 valence electrons. The molecule has 0 bridgehead atoms. The van der Waals surface area contributed by atoms with Gasteiger partial charge in [0.1, 0.15) is 5.75 Å².